The summed E-state index contributed by atoms with van der Waals surface area (Å²) in [6.45, 7) is 8.73. The van der Waals surface area contributed by atoms with Gasteiger partial charge in [-0.25, -0.2) is 0 Å². The van der Waals surface area contributed by atoms with Crippen molar-refractivity contribution in [1.82, 2.24) is 5.32 Å². The summed E-state index contributed by atoms with van der Waals surface area (Å²) in [7, 11) is 0. The third-order valence-electron chi connectivity index (χ3n) is 3.00. The van der Waals surface area contributed by atoms with Crippen molar-refractivity contribution in [1.29, 1.82) is 0 Å². The summed E-state index contributed by atoms with van der Waals surface area (Å²) in [5, 5.41) is 11.9. The van der Waals surface area contributed by atoms with Crippen LogP contribution in [0, 0.1) is 16.7 Å². The lowest BCUT2D eigenvalue weighted by Crippen LogP contribution is -2.37. The van der Waals surface area contributed by atoms with E-state index in [1.807, 2.05) is 13.8 Å². The van der Waals surface area contributed by atoms with Crippen molar-refractivity contribution < 1.29 is 9.90 Å². The predicted molar refractivity (Wildman–Crippen MR) is 55.8 cm³/mol. The Hall–Kier alpha value is -0.570. The molecule has 82 valence electrons. The Morgan fingerprint density at radius 3 is 2.43 bits per heavy atom. The van der Waals surface area contributed by atoms with E-state index in [1.165, 1.54) is 0 Å². The van der Waals surface area contributed by atoms with Crippen LogP contribution in [0.3, 0.4) is 0 Å². The van der Waals surface area contributed by atoms with Crippen molar-refractivity contribution in [3.05, 3.63) is 0 Å². The molecule has 0 radical (unpaired) electrons. The molecular formula is C11H21NO2. The molecule has 14 heavy (non-hydrogen) atoms. The van der Waals surface area contributed by atoms with E-state index in [1.54, 1.807) is 0 Å². The van der Waals surface area contributed by atoms with E-state index in [9.17, 15) is 4.79 Å². The van der Waals surface area contributed by atoms with Crippen LogP contribution in [-0.2, 0) is 4.79 Å². The molecule has 1 saturated carbocycles. The molecule has 1 fully saturated rings. The summed E-state index contributed by atoms with van der Waals surface area (Å²) in [6.07, 6.45) is 0.985. The molecule has 1 aliphatic carbocycles. The van der Waals surface area contributed by atoms with Crippen LogP contribution >= 0.6 is 0 Å². The number of hydrogen-bond acceptors (Lipinski definition) is 2. The van der Waals surface area contributed by atoms with E-state index in [0.29, 0.717) is 6.54 Å². The zero-order valence-electron chi connectivity index (χ0n) is 9.55. The standard InChI is InChI=1S/C11H21NO2/c1-10(2,7-13)6-12-9(14)8-5-11(8,3)4/h8,13H,5-7H2,1-4H3,(H,12,14). The quantitative estimate of drug-likeness (QED) is 0.714. The van der Waals surface area contributed by atoms with Gasteiger partial charge < -0.3 is 10.4 Å². The molecule has 1 amide bonds. The van der Waals surface area contributed by atoms with Crippen LogP contribution in [0.15, 0.2) is 0 Å². The molecule has 0 heterocycles. The van der Waals surface area contributed by atoms with E-state index in [2.05, 4.69) is 19.2 Å². The van der Waals surface area contributed by atoms with E-state index in [0.717, 1.165) is 6.42 Å². The van der Waals surface area contributed by atoms with E-state index in [-0.39, 0.29) is 29.3 Å². The Bertz CT molecular complexity index is 233. The Morgan fingerprint density at radius 2 is 2.07 bits per heavy atom. The highest BCUT2D eigenvalue weighted by Crippen LogP contribution is 2.51. The molecule has 3 heteroatoms. The summed E-state index contributed by atoms with van der Waals surface area (Å²) < 4.78 is 0. The fraction of sp³-hybridized carbons (Fsp3) is 0.909. The molecule has 0 aromatic carbocycles. The molecule has 3 nitrogen and oxygen atoms in total. The molecule has 1 unspecified atom stereocenters. The molecule has 0 spiro atoms. The average Bonchev–Trinajstić information content (AvgIpc) is 2.71. The monoisotopic (exact) mass is 199 g/mol. The second-order valence-corrected chi connectivity index (χ2v) is 5.79. The predicted octanol–water partition coefficient (Wildman–Crippen LogP) is 1.17. The maximum absolute atomic E-state index is 11.6. The molecule has 1 aliphatic rings. The molecule has 0 saturated heterocycles. The van der Waals surface area contributed by atoms with Gasteiger partial charge in [0.15, 0.2) is 0 Å². The number of aliphatic hydroxyl groups is 1. The average molecular weight is 199 g/mol. The summed E-state index contributed by atoms with van der Waals surface area (Å²) >= 11 is 0. The number of aliphatic hydroxyl groups excluding tert-OH is 1. The largest absolute Gasteiger partial charge is 0.396 e. The van der Waals surface area contributed by atoms with Gasteiger partial charge in [0.25, 0.3) is 0 Å². The lowest BCUT2D eigenvalue weighted by molar-refractivity contribution is -0.123. The zero-order valence-corrected chi connectivity index (χ0v) is 9.55. The van der Waals surface area contributed by atoms with Gasteiger partial charge >= 0.3 is 0 Å². The highest BCUT2D eigenvalue weighted by atomic mass is 16.3. The first-order chi connectivity index (χ1) is 6.28. The molecule has 2 N–H and O–H groups in total. The van der Waals surface area contributed by atoms with Crippen molar-refractivity contribution in [2.24, 2.45) is 16.7 Å². The van der Waals surface area contributed by atoms with Gasteiger partial charge in [0.05, 0.1) is 0 Å². The molecule has 0 aliphatic heterocycles. The first kappa shape index (κ1) is 11.5. The SMILES string of the molecule is CC(C)(CO)CNC(=O)C1CC1(C)C. The molecule has 1 atom stereocenters. The molecule has 0 bridgehead atoms. The lowest BCUT2D eigenvalue weighted by Gasteiger charge is -2.22. The summed E-state index contributed by atoms with van der Waals surface area (Å²) in [4.78, 5) is 11.6. The first-order valence-corrected chi connectivity index (χ1v) is 5.17. The normalized spacial score (nSPS) is 24.5. The molecule has 0 aromatic rings. The van der Waals surface area contributed by atoms with Gasteiger partial charge in [-0.05, 0) is 11.8 Å². The van der Waals surface area contributed by atoms with Crippen molar-refractivity contribution >= 4 is 5.91 Å². The van der Waals surface area contributed by atoms with Crippen molar-refractivity contribution in [2.75, 3.05) is 13.2 Å². The topological polar surface area (TPSA) is 49.3 Å². The van der Waals surface area contributed by atoms with Gasteiger partial charge in [0.1, 0.15) is 0 Å². The van der Waals surface area contributed by atoms with Gasteiger partial charge in [0.2, 0.25) is 5.91 Å². The first-order valence-electron chi connectivity index (χ1n) is 5.17. The Balaban J connectivity index is 2.30. The van der Waals surface area contributed by atoms with Gasteiger partial charge in [-0.1, -0.05) is 27.7 Å². The third kappa shape index (κ3) is 2.71. The number of carbonyl (C=O) groups is 1. The third-order valence-corrected chi connectivity index (χ3v) is 3.00. The highest BCUT2D eigenvalue weighted by Gasteiger charge is 2.50. The second kappa shape index (κ2) is 3.54. The van der Waals surface area contributed by atoms with Gasteiger partial charge in [-0.15, -0.1) is 0 Å². The van der Waals surface area contributed by atoms with E-state index in [4.69, 9.17) is 5.11 Å². The molecular weight excluding hydrogens is 178 g/mol. The summed E-state index contributed by atoms with van der Waals surface area (Å²) in [6, 6.07) is 0. The number of carbonyl (C=O) groups excluding carboxylic acids is 1. The Morgan fingerprint density at radius 1 is 1.57 bits per heavy atom. The smallest absolute Gasteiger partial charge is 0.223 e. The summed E-state index contributed by atoms with van der Waals surface area (Å²) in [5.74, 6) is 0.313. The van der Waals surface area contributed by atoms with Crippen LogP contribution in [0.25, 0.3) is 0 Å². The number of nitrogens with one attached hydrogen (secondary N) is 1. The van der Waals surface area contributed by atoms with Crippen LogP contribution in [-0.4, -0.2) is 24.2 Å². The molecule has 0 aromatic heterocycles. The zero-order chi connectivity index (χ0) is 11.0. The summed E-state index contributed by atoms with van der Waals surface area (Å²) in [5.41, 5.74) is -0.0257. The van der Waals surface area contributed by atoms with Crippen LogP contribution in [0.2, 0.25) is 0 Å². The van der Waals surface area contributed by atoms with Crippen LogP contribution in [0.1, 0.15) is 34.1 Å². The minimum Gasteiger partial charge on any atom is -0.396 e. The van der Waals surface area contributed by atoms with Crippen molar-refractivity contribution in [2.45, 2.75) is 34.1 Å². The van der Waals surface area contributed by atoms with E-state index < -0.39 is 0 Å². The Labute approximate surface area is 85.9 Å². The van der Waals surface area contributed by atoms with Gasteiger partial charge in [-0.2, -0.15) is 0 Å². The van der Waals surface area contributed by atoms with Crippen LogP contribution in [0.5, 0.6) is 0 Å². The minimum absolute atomic E-state index is 0.0986. The molecule has 1 rings (SSSR count). The van der Waals surface area contributed by atoms with Crippen LogP contribution < -0.4 is 5.32 Å². The van der Waals surface area contributed by atoms with Gasteiger partial charge in [-0.3, -0.25) is 4.79 Å². The van der Waals surface area contributed by atoms with Crippen molar-refractivity contribution in [3.8, 4) is 0 Å². The number of hydrogen-bond donors (Lipinski definition) is 2. The number of rotatable bonds is 4. The van der Waals surface area contributed by atoms with Crippen molar-refractivity contribution in [3.63, 3.8) is 0 Å². The van der Waals surface area contributed by atoms with Gasteiger partial charge in [0, 0.05) is 24.5 Å². The lowest BCUT2D eigenvalue weighted by atomic mass is 9.95. The minimum atomic E-state index is -0.214. The van der Waals surface area contributed by atoms with E-state index >= 15 is 0 Å². The van der Waals surface area contributed by atoms with Crippen LogP contribution in [0.4, 0.5) is 0 Å². The maximum atomic E-state index is 11.6. The highest BCUT2D eigenvalue weighted by molar-refractivity contribution is 5.82. The fourth-order valence-electron chi connectivity index (χ4n) is 1.42. The Kier molecular flexibility index (Phi) is 2.91. The fourth-order valence-corrected chi connectivity index (χ4v) is 1.42. The maximum Gasteiger partial charge on any atom is 0.223 e. The number of amides is 1. The second-order valence-electron chi connectivity index (χ2n) is 5.79.